The molecule has 1 aliphatic rings. The van der Waals surface area contributed by atoms with Gasteiger partial charge in [-0.2, -0.15) is 0 Å². The second kappa shape index (κ2) is 4.86. The van der Waals surface area contributed by atoms with Crippen molar-refractivity contribution in [1.82, 2.24) is 19.7 Å². The fourth-order valence-corrected chi connectivity index (χ4v) is 2.35. The van der Waals surface area contributed by atoms with Gasteiger partial charge in [0.1, 0.15) is 11.5 Å². The molecular formula is C13H17N5. The summed E-state index contributed by atoms with van der Waals surface area (Å²) in [5.74, 6) is 1.97. The largest absolute Gasteiger partial charge is 0.326 e. The van der Waals surface area contributed by atoms with Crippen LogP contribution in [0.2, 0.25) is 0 Å². The zero-order valence-corrected chi connectivity index (χ0v) is 10.3. The van der Waals surface area contributed by atoms with Gasteiger partial charge in [-0.15, -0.1) is 10.2 Å². The zero-order chi connectivity index (χ0) is 12.4. The van der Waals surface area contributed by atoms with Crippen LogP contribution in [-0.2, 0) is 19.5 Å². The highest BCUT2D eigenvalue weighted by molar-refractivity contribution is 5.49. The summed E-state index contributed by atoms with van der Waals surface area (Å²) in [5, 5.41) is 8.57. The van der Waals surface area contributed by atoms with E-state index < -0.39 is 0 Å². The number of aryl methyl sites for hydroxylation is 1. The van der Waals surface area contributed by atoms with E-state index in [1.807, 2.05) is 18.3 Å². The summed E-state index contributed by atoms with van der Waals surface area (Å²) in [7, 11) is 0. The Morgan fingerprint density at radius 3 is 2.89 bits per heavy atom. The lowest BCUT2D eigenvalue weighted by molar-refractivity contribution is 0.636. The van der Waals surface area contributed by atoms with E-state index >= 15 is 0 Å². The number of fused-ring (bicyclic) bond motifs is 1. The van der Waals surface area contributed by atoms with Crippen LogP contribution >= 0.6 is 0 Å². The maximum absolute atomic E-state index is 5.58. The molecule has 3 rings (SSSR count). The first-order valence-electron chi connectivity index (χ1n) is 6.46. The molecule has 0 saturated carbocycles. The molecule has 3 heterocycles. The third-order valence-electron chi connectivity index (χ3n) is 3.40. The van der Waals surface area contributed by atoms with Gasteiger partial charge in [-0.3, -0.25) is 4.98 Å². The third-order valence-corrected chi connectivity index (χ3v) is 3.40. The predicted octanol–water partition coefficient (Wildman–Crippen LogP) is 1.53. The molecule has 2 aromatic rings. The summed E-state index contributed by atoms with van der Waals surface area (Å²) in [6.45, 7) is 1.52. The fraction of sp³-hybridized carbons (Fsp3) is 0.462. The van der Waals surface area contributed by atoms with E-state index in [9.17, 15) is 0 Å². The van der Waals surface area contributed by atoms with E-state index in [1.165, 1.54) is 19.3 Å². The van der Waals surface area contributed by atoms with E-state index in [4.69, 9.17) is 5.73 Å². The lowest BCUT2D eigenvalue weighted by Crippen LogP contribution is -2.04. The molecule has 0 unspecified atom stereocenters. The Kier molecular flexibility index (Phi) is 3.06. The van der Waals surface area contributed by atoms with E-state index in [2.05, 4.69) is 19.7 Å². The Bertz CT molecular complexity index is 529. The summed E-state index contributed by atoms with van der Waals surface area (Å²) in [6.07, 6.45) is 6.50. The van der Waals surface area contributed by atoms with Crippen molar-refractivity contribution in [2.75, 3.05) is 0 Å². The number of nitrogens with zero attached hydrogens (tertiary/aromatic N) is 4. The van der Waals surface area contributed by atoms with E-state index in [1.54, 1.807) is 0 Å². The van der Waals surface area contributed by atoms with E-state index in [0.717, 1.165) is 35.9 Å². The Morgan fingerprint density at radius 1 is 1.17 bits per heavy atom. The summed E-state index contributed by atoms with van der Waals surface area (Å²) < 4.78 is 2.21. The first kappa shape index (κ1) is 11.3. The van der Waals surface area contributed by atoms with Crippen molar-refractivity contribution in [1.29, 1.82) is 0 Å². The predicted molar refractivity (Wildman–Crippen MR) is 68.7 cm³/mol. The minimum atomic E-state index is 0.519. The van der Waals surface area contributed by atoms with Crippen LogP contribution in [0, 0.1) is 0 Å². The molecule has 0 aromatic carbocycles. The van der Waals surface area contributed by atoms with Crippen LogP contribution in [0.3, 0.4) is 0 Å². The number of pyridine rings is 1. The minimum absolute atomic E-state index is 0.519. The molecule has 0 bridgehead atoms. The molecule has 0 aliphatic carbocycles. The van der Waals surface area contributed by atoms with Crippen LogP contribution in [-0.4, -0.2) is 19.7 Å². The average molecular weight is 243 g/mol. The summed E-state index contributed by atoms with van der Waals surface area (Å²) in [5.41, 5.74) is 7.50. The normalized spacial score (nSPS) is 15.2. The number of aromatic nitrogens is 4. The van der Waals surface area contributed by atoms with Crippen LogP contribution in [0.25, 0.3) is 11.5 Å². The summed E-state index contributed by atoms with van der Waals surface area (Å²) in [4.78, 5) is 4.43. The lowest BCUT2D eigenvalue weighted by atomic mass is 10.2. The average Bonchev–Trinajstić information content (AvgIpc) is 2.68. The molecule has 94 valence electrons. The molecule has 0 radical (unpaired) electrons. The van der Waals surface area contributed by atoms with Crippen LogP contribution in [0.4, 0.5) is 0 Å². The highest BCUT2D eigenvalue weighted by Crippen LogP contribution is 2.21. The quantitative estimate of drug-likeness (QED) is 0.868. The van der Waals surface area contributed by atoms with Gasteiger partial charge in [0, 0.05) is 25.7 Å². The van der Waals surface area contributed by atoms with Crippen molar-refractivity contribution in [2.45, 2.75) is 38.8 Å². The summed E-state index contributed by atoms with van der Waals surface area (Å²) >= 11 is 0. The van der Waals surface area contributed by atoms with E-state index in [-0.39, 0.29) is 0 Å². The van der Waals surface area contributed by atoms with Crippen LogP contribution in [0.5, 0.6) is 0 Å². The molecule has 0 spiro atoms. The molecule has 2 N–H and O–H groups in total. The van der Waals surface area contributed by atoms with Gasteiger partial charge in [0.2, 0.25) is 0 Å². The van der Waals surface area contributed by atoms with Crippen molar-refractivity contribution < 1.29 is 0 Å². The smallest absolute Gasteiger partial charge is 0.182 e. The Labute approximate surface area is 106 Å². The zero-order valence-electron chi connectivity index (χ0n) is 10.3. The van der Waals surface area contributed by atoms with Gasteiger partial charge in [-0.25, -0.2) is 0 Å². The first-order valence-corrected chi connectivity index (χ1v) is 6.46. The Hall–Kier alpha value is -1.75. The maximum Gasteiger partial charge on any atom is 0.182 e. The molecule has 0 saturated heterocycles. The number of hydrogen-bond acceptors (Lipinski definition) is 4. The molecular weight excluding hydrogens is 226 g/mol. The van der Waals surface area contributed by atoms with Gasteiger partial charge in [-0.1, -0.05) is 12.5 Å². The molecule has 18 heavy (non-hydrogen) atoms. The van der Waals surface area contributed by atoms with Crippen molar-refractivity contribution in [3.63, 3.8) is 0 Å². The number of hydrogen-bond donors (Lipinski definition) is 1. The standard InChI is InChI=1S/C13H17N5/c14-8-10-5-6-11(15-9-10)13-17-16-12-4-2-1-3-7-18(12)13/h5-6,9H,1-4,7-8,14H2. The highest BCUT2D eigenvalue weighted by Gasteiger charge is 2.16. The molecule has 5 nitrogen and oxygen atoms in total. The van der Waals surface area contributed by atoms with Crippen molar-refractivity contribution in [2.24, 2.45) is 5.73 Å². The second-order valence-electron chi connectivity index (χ2n) is 4.66. The van der Waals surface area contributed by atoms with Crippen LogP contribution in [0.15, 0.2) is 18.3 Å². The molecule has 5 heteroatoms. The maximum atomic E-state index is 5.58. The summed E-state index contributed by atoms with van der Waals surface area (Å²) in [6, 6.07) is 3.98. The fourth-order valence-electron chi connectivity index (χ4n) is 2.35. The Morgan fingerprint density at radius 2 is 2.11 bits per heavy atom. The molecule has 1 aliphatic heterocycles. The lowest BCUT2D eigenvalue weighted by Gasteiger charge is -2.06. The van der Waals surface area contributed by atoms with Crippen molar-refractivity contribution in [3.05, 3.63) is 29.7 Å². The first-order chi connectivity index (χ1) is 8.88. The van der Waals surface area contributed by atoms with Gasteiger partial charge in [0.25, 0.3) is 0 Å². The van der Waals surface area contributed by atoms with Crippen molar-refractivity contribution in [3.8, 4) is 11.5 Å². The molecule has 0 fully saturated rings. The SMILES string of the molecule is NCc1ccc(-c2nnc3n2CCCCC3)nc1. The number of rotatable bonds is 2. The van der Waals surface area contributed by atoms with Gasteiger partial charge in [0.15, 0.2) is 5.82 Å². The second-order valence-corrected chi connectivity index (χ2v) is 4.66. The highest BCUT2D eigenvalue weighted by atomic mass is 15.3. The van der Waals surface area contributed by atoms with E-state index in [0.29, 0.717) is 6.54 Å². The Balaban J connectivity index is 1.98. The van der Waals surface area contributed by atoms with Crippen LogP contribution < -0.4 is 5.73 Å². The minimum Gasteiger partial charge on any atom is -0.326 e. The van der Waals surface area contributed by atoms with Gasteiger partial charge in [-0.05, 0) is 24.5 Å². The van der Waals surface area contributed by atoms with Crippen molar-refractivity contribution >= 4 is 0 Å². The topological polar surface area (TPSA) is 69.6 Å². The van der Waals surface area contributed by atoms with Gasteiger partial charge >= 0.3 is 0 Å². The van der Waals surface area contributed by atoms with Gasteiger partial charge < -0.3 is 10.3 Å². The third kappa shape index (κ3) is 2.01. The van der Waals surface area contributed by atoms with Crippen LogP contribution in [0.1, 0.15) is 30.7 Å². The molecule has 2 aromatic heterocycles. The molecule has 0 amide bonds. The molecule has 0 atom stereocenters. The number of nitrogens with two attached hydrogens (primary N) is 1. The monoisotopic (exact) mass is 243 g/mol. The van der Waals surface area contributed by atoms with Gasteiger partial charge in [0.05, 0.1) is 0 Å².